The number of hydrogen-bond donors (Lipinski definition) is 1. The van der Waals surface area contributed by atoms with Crippen molar-refractivity contribution in [2.45, 2.75) is 251 Å². The minimum absolute atomic E-state index is 0.346. The van der Waals surface area contributed by atoms with Crippen molar-refractivity contribution in [1.82, 2.24) is 0 Å². The van der Waals surface area contributed by atoms with Crippen LogP contribution >= 0.6 is 12.6 Å². The highest BCUT2D eigenvalue weighted by atomic mass is 32.1. The summed E-state index contributed by atoms with van der Waals surface area (Å²) in [4.78, 5) is 0. The Morgan fingerprint density at radius 3 is 0.787 bits per heavy atom. The van der Waals surface area contributed by atoms with E-state index in [4.69, 9.17) is 25.9 Å². The van der Waals surface area contributed by atoms with Crippen molar-refractivity contribution in [3.8, 4) is 0 Å². The van der Waals surface area contributed by atoms with Crippen molar-refractivity contribution in [3.05, 3.63) is 0 Å². The fourth-order valence-corrected chi connectivity index (χ4v) is 9.74. The number of thiol groups is 1. The van der Waals surface area contributed by atoms with Gasteiger partial charge in [0.05, 0.1) is 0 Å². The third-order valence-electron chi connectivity index (χ3n) is 9.83. The quantitative estimate of drug-likeness (QED) is 0.0391. The molecule has 1 unspecified atom stereocenters. The molecule has 5 heteroatoms. The van der Waals surface area contributed by atoms with E-state index in [1.165, 1.54) is 186 Å². The van der Waals surface area contributed by atoms with Crippen LogP contribution in [0.5, 0.6) is 0 Å². The maximum Gasteiger partial charge on any atom is 0.500 e. The molecule has 0 aliphatic heterocycles. The Morgan fingerprint density at radius 1 is 0.362 bits per heavy atom. The Bertz CT molecular complexity index is 550. The van der Waals surface area contributed by atoms with E-state index in [0.717, 1.165) is 51.5 Å². The van der Waals surface area contributed by atoms with Crippen molar-refractivity contribution in [2.75, 3.05) is 19.8 Å². The van der Waals surface area contributed by atoms with Crippen molar-refractivity contribution >= 4 is 21.4 Å². The maximum atomic E-state index is 6.72. The molecular formula is C42H88O3SSi. The highest BCUT2D eigenvalue weighted by molar-refractivity contribution is 7.80. The highest BCUT2D eigenvalue weighted by Gasteiger charge is 2.41. The van der Waals surface area contributed by atoms with Gasteiger partial charge >= 0.3 is 8.80 Å². The first kappa shape index (κ1) is 47.4. The van der Waals surface area contributed by atoms with E-state index in [0.29, 0.717) is 5.25 Å². The zero-order chi connectivity index (χ0) is 34.4. The van der Waals surface area contributed by atoms with Crippen molar-refractivity contribution in [3.63, 3.8) is 0 Å². The fourth-order valence-electron chi connectivity index (χ4n) is 6.53. The van der Waals surface area contributed by atoms with Gasteiger partial charge in [-0.15, -0.1) is 0 Å². The van der Waals surface area contributed by atoms with Crippen LogP contribution in [-0.4, -0.2) is 33.9 Å². The molecule has 0 saturated heterocycles. The molecule has 284 valence electrons. The molecule has 0 aliphatic carbocycles. The molecule has 0 aliphatic rings. The van der Waals surface area contributed by atoms with Gasteiger partial charge in [-0.2, -0.15) is 12.6 Å². The second kappa shape index (κ2) is 39.2. The van der Waals surface area contributed by atoms with Crippen LogP contribution in [0, 0.1) is 0 Å². The van der Waals surface area contributed by atoms with Gasteiger partial charge in [-0.3, -0.25) is 0 Å². The summed E-state index contributed by atoms with van der Waals surface area (Å²) >= 11 is 4.73. The fraction of sp³-hybridized carbons (Fsp3) is 1.00. The lowest BCUT2D eigenvalue weighted by Gasteiger charge is -2.30. The Hall–Kier alpha value is 0.447. The van der Waals surface area contributed by atoms with Crippen LogP contribution < -0.4 is 0 Å². The van der Waals surface area contributed by atoms with E-state index >= 15 is 0 Å². The second-order valence-electron chi connectivity index (χ2n) is 14.9. The van der Waals surface area contributed by atoms with Crippen molar-refractivity contribution < 1.29 is 13.3 Å². The largest absolute Gasteiger partial charge is 0.500 e. The lowest BCUT2D eigenvalue weighted by molar-refractivity contribution is 0.0548. The van der Waals surface area contributed by atoms with E-state index in [1.807, 2.05) is 0 Å². The summed E-state index contributed by atoms with van der Waals surface area (Å²) in [5.74, 6) is 0. The van der Waals surface area contributed by atoms with Crippen LogP contribution in [0.3, 0.4) is 0 Å². The lowest BCUT2D eigenvalue weighted by Crippen LogP contribution is -2.47. The van der Waals surface area contributed by atoms with Gasteiger partial charge in [0.2, 0.25) is 0 Å². The number of hydrogen-bond acceptors (Lipinski definition) is 4. The van der Waals surface area contributed by atoms with Gasteiger partial charge < -0.3 is 13.3 Å². The molecule has 0 aromatic carbocycles. The number of rotatable bonds is 41. The predicted molar refractivity (Wildman–Crippen MR) is 216 cm³/mol. The highest BCUT2D eigenvalue weighted by Crippen LogP contribution is 2.24. The zero-order valence-corrected chi connectivity index (χ0v) is 34.8. The van der Waals surface area contributed by atoms with Crippen LogP contribution in [-0.2, 0) is 13.3 Å². The first-order chi connectivity index (χ1) is 23.1. The number of unbranched alkanes of at least 4 members (excludes halogenated alkanes) is 29. The third-order valence-corrected chi connectivity index (χ3v) is 12.9. The molecule has 0 radical (unpaired) electrons. The summed E-state index contributed by atoms with van der Waals surface area (Å²) < 4.78 is 20.1. The molecule has 1 atom stereocenters. The standard InChI is InChI=1S/C42H88O3SSi/c1-5-8-11-14-17-20-23-24-27-30-33-36-40-45-47(41-37-42(4)46,43-38-34-31-28-25-21-18-15-12-9-6-2)44-39-35-32-29-26-22-19-16-13-10-7-3/h42,46H,5-41H2,1-4H3. The average Bonchev–Trinajstić information content (AvgIpc) is 3.07. The van der Waals surface area contributed by atoms with Crippen LogP contribution in [0.15, 0.2) is 0 Å². The summed E-state index contributed by atoms with van der Waals surface area (Å²) in [5, 5.41) is 0.346. The van der Waals surface area contributed by atoms with E-state index in [1.54, 1.807) is 0 Å². The van der Waals surface area contributed by atoms with E-state index in [-0.39, 0.29) is 0 Å². The lowest BCUT2D eigenvalue weighted by atomic mass is 10.1. The molecule has 47 heavy (non-hydrogen) atoms. The summed E-state index contributed by atoms with van der Waals surface area (Å²) in [5.41, 5.74) is 0. The molecule has 0 rings (SSSR count). The summed E-state index contributed by atoms with van der Waals surface area (Å²) in [6.07, 6.45) is 44.4. The molecular weight excluding hydrogens is 613 g/mol. The Morgan fingerprint density at radius 2 is 0.574 bits per heavy atom. The van der Waals surface area contributed by atoms with Crippen molar-refractivity contribution in [2.24, 2.45) is 0 Å². The Kier molecular flexibility index (Phi) is 39.6. The van der Waals surface area contributed by atoms with Crippen LogP contribution in [0.2, 0.25) is 6.04 Å². The molecule has 0 heterocycles. The minimum Gasteiger partial charge on any atom is -0.373 e. The molecule has 0 amide bonds. The molecule has 0 saturated carbocycles. The predicted octanol–water partition coefficient (Wildman–Crippen LogP) is 15.2. The van der Waals surface area contributed by atoms with E-state index in [9.17, 15) is 0 Å². The topological polar surface area (TPSA) is 27.7 Å². The monoisotopic (exact) mass is 701 g/mol. The van der Waals surface area contributed by atoms with Gasteiger partial charge in [-0.1, -0.05) is 214 Å². The summed E-state index contributed by atoms with van der Waals surface area (Å²) in [6, 6.07) is 0.908. The van der Waals surface area contributed by atoms with Crippen molar-refractivity contribution in [1.29, 1.82) is 0 Å². The molecule has 0 N–H and O–H groups in total. The third kappa shape index (κ3) is 36.1. The molecule has 0 spiro atoms. The maximum absolute atomic E-state index is 6.72. The molecule has 0 fully saturated rings. The van der Waals surface area contributed by atoms with Gasteiger partial charge in [0.1, 0.15) is 0 Å². The molecule has 0 aromatic heterocycles. The van der Waals surface area contributed by atoms with E-state index < -0.39 is 8.80 Å². The second-order valence-corrected chi connectivity index (χ2v) is 18.5. The van der Waals surface area contributed by atoms with Gasteiger partial charge in [0.15, 0.2) is 0 Å². The van der Waals surface area contributed by atoms with Gasteiger partial charge in [0.25, 0.3) is 0 Å². The van der Waals surface area contributed by atoms with Gasteiger partial charge in [0, 0.05) is 25.9 Å². The van der Waals surface area contributed by atoms with Crippen LogP contribution in [0.4, 0.5) is 0 Å². The molecule has 3 nitrogen and oxygen atoms in total. The molecule has 0 bridgehead atoms. The normalized spacial score (nSPS) is 12.7. The molecule has 0 aromatic rings. The SMILES string of the molecule is CCCCCCCCCCCCCCO[Si](CCC(C)S)(OCCCCCCCCCCCC)OCCCCCCCCCCCC. The van der Waals surface area contributed by atoms with E-state index in [2.05, 4.69) is 27.7 Å². The zero-order valence-electron chi connectivity index (χ0n) is 32.9. The smallest absolute Gasteiger partial charge is 0.373 e. The minimum atomic E-state index is -2.70. The average molecular weight is 701 g/mol. The first-order valence-electron chi connectivity index (χ1n) is 21.7. The van der Waals surface area contributed by atoms with Crippen LogP contribution in [0.1, 0.15) is 240 Å². The first-order valence-corrected chi connectivity index (χ1v) is 24.1. The summed E-state index contributed by atoms with van der Waals surface area (Å²) in [7, 11) is -2.70. The Balaban J connectivity index is 4.56. The Labute approximate surface area is 304 Å². The van der Waals surface area contributed by atoms with Gasteiger partial charge in [-0.05, 0) is 30.9 Å². The van der Waals surface area contributed by atoms with Crippen LogP contribution in [0.25, 0.3) is 0 Å². The summed E-state index contributed by atoms with van der Waals surface area (Å²) in [6.45, 7) is 11.5. The van der Waals surface area contributed by atoms with Gasteiger partial charge in [-0.25, -0.2) is 0 Å².